The first kappa shape index (κ1) is 14.2. The third-order valence-electron chi connectivity index (χ3n) is 3.51. The van der Waals surface area contributed by atoms with Crippen molar-refractivity contribution >= 4 is 27.9 Å². The highest BCUT2D eigenvalue weighted by molar-refractivity contribution is 5.86. The molecule has 0 atom stereocenters. The SMILES string of the molecule is Cc1cc2nc3c(=O)n(CCCO)c(=O)[nH]c3nc2cc1N. The predicted octanol–water partition coefficient (Wildman–Crippen LogP) is -0.0940. The van der Waals surface area contributed by atoms with Crippen molar-refractivity contribution in [1.29, 1.82) is 0 Å². The molecule has 2 aromatic heterocycles. The van der Waals surface area contributed by atoms with Gasteiger partial charge in [0.05, 0.1) is 11.0 Å². The smallest absolute Gasteiger partial charge is 0.330 e. The summed E-state index contributed by atoms with van der Waals surface area (Å²) in [5.41, 5.74) is 7.43. The summed E-state index contributed by atoms with van der Waals surface area (Å²) in [6.45, 7) is 1.86. The van der Waals surface area contributed by atoms with Crippen LogP contribution in [0.1, 0.15) is 12.0 Å². The number of fused-ring (bicyclic) bond motifs is 2. The maximum Gasteiger partial charge on any atom is 0.330 e. The van der Waals surface area contributed by atoms with Gasteiger partial charge >= 0.3 is 5.69 Å². The van der Waals surface area contributed by atoms with Crippen molar-refractivity contribution in [1.82, 2.24) is 19.5 Å². The minimum atomic E-state index is -0.570. The van der Waals surface area contributed by atoms with Crippen molar-refractivity contribution in [2.45, 2.75) is 19.9 Å². The summed E-state index contributed by atoms with van der Waals surface area (Å²) in [7, 11) is 0. The highest BCUT2D eigenvalue weighted by Crippen LogP contribution is 2.19. The standard InChI is InChI=1S/C14H15N5O3/c1-7-5-9-10(6-8(7)15)17-12-11(16-9)13(21)19(3-2-4-20)14(22)18-12/h5-6,20H,2-4,15H2,1H3,(H,17,18,22). The third kappa shape index (κ3) is 2.23. The molecule has 3 aromatic rings. The first-order chi connectivity index (χ1) is 10.5. The van der Waals surface area contributed by atoms with E-state index in [0.29, 0.717) is 23.1 Å². The summed E-state index contributed by atoms with van der Waals surface area (Å²) in [6.07, 6.45) is 0.311. The normalized spacial score (nSPS) is 11.4. The minimum Gasteiger partial charge on any atom is -0.398 e. The quantitative estimate of drug-likeness (QED) is 0.458. The summed E-state index contributed by atoms with van der Waals surface area (Å²) in [6, 6.07) is 3.41. The molecule has 0 saturated carbocycles. The van der Waals surface area contributed by atoms with Crippen LogP contribution < -0.4 is 17.0 Å². The predicted molar refractivity (Wildman–Crippen MR) is 82.8 cm³/mol. The van der Waals surface area contributed by atoms with Gasteiger partial charge < -0.3 is 10.8 Å². The van der Waals surface area contributed by atoms with Gasteiger partial charge in [0.15, 0.2) is 11.2 Å². The lowest BCUT2D eigenvalue weighted by Crippen LogP contribution is -2.36. The number of aliphatic hydroxyl groups is 1. The van der Waals surface area contributed by atoms with E-state index in [2.05, 4.69) is 15.0 Å². The van der Waals surface area contributed by atoms with E-state index in [1.807, 2.05) is 6.92 Å². The second-order valence-electron chi connectivity index (χ2n) is 5.08. The molecule has 0 amide bonds. The third-order valence-corrected chi connectivity index (χ3v) is 3.51. The fourth-order valence-corrected chi connectivity index (χ4v) is 2.28. The van der Waals surface area contributed by atoms with E-state index in [0.717, 1.165) is 10.1 Å². The number of rotatable bonds is 3. The Kier molecular flexibility index (Phi) is 3.38. The molecular weight excluding hydrogens is 286 g/mol. The summed E-state index contributed by atoms with van der Waals surface area (Å²) < 4.78 is 1.02. The number of aromatic nitrogens is 4. The molecule has 2 heterocycles. The number of nitrogens with zero attached hydrogens (tertiary/aromatic N) is 3. The first-order valence-electron chi connectivity index (χ1n) is 6.83. The van der Waals surface area contributed by atoms with Gasteiger partial charge in [-0.15, -0.1) is 0 Å². The van der Waals surface area contributed by atoms with Crippen molar-refractivity contribution in [3.05, 3.63) is 38.5 Å². The van der Waals surface area contributed by atoms with Crippen LogP contribution in [-0.2, 0) is 6.54 Å². The van der Waals surface area contributed by atoms with Crippen LogP contribution in [-0.4, -0.2) is 31.2 Å². The molecule has 3 rings (SSSR count). The molecule has 0 fully saturated rings. The largest absolute Gasteiger partial charge is 0.398 e. The molecular formula is C14H15N5O3. The molecule has 0 aliphatic heterocycles. The Balaban J connectivity index is 2.34. The Morgan fingerprint density at radius 2 is 2.00 bits per heavy atom. The minimum absolute atomic E-state index is 0.0919. The van der Waals surface area contributed by atoms with Gasteiger partial charge in [-0.1, -0.05) is 0 Å². The van der Waals surface area contributed by atoms with Gasteiger partial charge in [-0.05, 0) is 31.0 Å². The molecule has 1 aromatic carbocycles. The van der Waals surface area contributed by atoms with E-state index in [-0.39, 0.29) is 24.3 Å². The van der Waals surface area contributed by atoms with E-state index in [1.54, 1.807) is 12.1 Å². The molecule has 0 saturated heterocycles. The van der Waals surface area contributed by atoms with Gasteiger partial charge in [0, 0.05) is 18.8 Å². The molecule has 0 unspecified atom stereocenters. The van der Waals surface area contributed by atoms with E-state index in [1.165, 1.54) is 0 Å². The van der Waals surface area contributed by atoms with Crippen LogP contribution in [0, 0.1) is 6.92 Å². The van der Waals surface area contributed by atoms with Crippen molar-refractivity contribution < 1.29 is 5.11 Å². The molecule has 8 heteroatoms. The highest BCUT2D eigenvalue weighted by Gasteiger charge is 2.12. The van der Waals surface area contributed by atoms with Crippen molar-refractivity contribution in [3.63, 3.8) is 0 Å². The summed E-state index contributed by atoms with van der Waals surface area (Å²) in [5, 5.41) is 8.85. The lowest BCUT2D eigenvalue weighted by Gasteiger charge is -2.07. The zero-order valence-electron chi connectivity index (χ0n) is 12.0. The monoisotopic (exact) mass is 301 g/mol. The van der Waals surface area contributed by atoms with Crippen molar-refractivity contribution in [3.8, 4) is 0 Å². The Bertz CT molecular complexity index is 990. The van der Waals surface area contributed by atoms with Gasteiger partial charge in [-0.25, -0.2) is 14.8 Å². The molecule has 4 N–H and O–H groups in total. The van der Waals surface area contributed by atoms with E-state index in [4.69, 9.17) is 10.8 Å². The zero-order chi connectivity index (χ0) is 15.9. The van der Waals surface area contributed by atoms with Crippen LogP contribution >= 0.6 is 0 Å². The topological polar surface area (TPSA) is 127 Å². The molecule has 0 aliphatic carbocycles. The number of nitrogen functional groups attached to an aromatic ring is 1. The van der Waals surface area contributed by atoms with Gasteiger partial charge in [0.25, 0.3) is 5.56 Å². The second-order valence-corrected chi connectivity index (χ2v) is 5.08. The lowest BCUT2D eigenvalue weighted by atomic mass is 10.2. The molecule has 0 radical (unpaired) electrons. The second kappa shape index (κ2) is 5.23. The van der Waals surface area contributed by atoms with Crippen LogP contribution in [0.5, 0.6) is 0 Å². The van der Waals surface area contributed by atoms with Crippen LogP contribution in [0.4, 0.5) is 5.69 Å². The number of aliphatic hydroxyl groups excluding tert-OH is 1. The molecule has 0 bridgehead atoms. The average Bonchev–Trinajstić information content (AvgIpc) is 2.47. The van der Waals surface area contributed by atoms with E-state index >= 15 is 0 Å². The summed E-state index contributed by atoms with van der Waals surface area (Å²) >= 11 is 0. The Labute approximate surface area is 124 Å². The average molecular weight is 301 g/mol. The number of nitrogens with one attached hydrogen (secondary N) is 1. The molecule has 0 spiro atoms. The number of hydrogen-bond donors (Lipinski definition) is 3. The van der Waals surface area contributed by atoms with Gasteiger partial charge in [-0.2, -0.15) is 0 Å². The van der Waals surface area contributed by atoms with Crippen LogP contribution in [0.2, 0.25) is 0 Å². The lowest BCUT2D eigenvalue weighted by molar-refractivity contribution is 0.278. The number of aryl methyl sites for hydroxylation is 1. The molecule has 114 valence electrons. The number of aromatic amines is 1. The number of H-pyrrole nitrogens is 1. The fourth-order valence-electron chi connectivity index (χ4n) is 2.28. The van der Waals surface area contributed by atoms with Gasteiger partial charge in [0.1, 0.15) is 0 Å². The van der Waals surface area contributed by atoms with E-state index in [9.17, 15) is 9.59 Å². The Morgan fingerprint density at radius 3 is 2.73 bits per heavy atom. The van der Waals surface area contributed by atoms with Gasteiger partial charge in [0.2, 0.25) is 0 Å². The van der Waals surface area contributed by atoms with E-state index < -0.39 is 11.2 Å². The van der Waals surface area contributed by atoms with Crippen molar-refractivity contribution in [2.75, 3.05) is 12.3 Å². The molecule has 0 aliphatic rings. The Hall–Kier alpha value is -2.74. The van der Waals surface area contributed by atoms with Gasteiger partial charge in [-0.3, -0.25) is 14.3 Å². The molecule has 8 nitrogen and oxygen atoms in total. The Morgan fingerprint density at radius 1 is 1.27 bits per heavy atom. The zero-order valence-corrected chi connectivity index (χ0v) is 12.0. The molecule has 22 heavy (non-hydrogen) atoms. The fraction of sp³-hybridized carbons (Fsp3) is 0.286. The number of hydrogen-bond acceptors (Lipinski definition) is 6. The summed E-state index contributed by atoms with van der Waals surface area (Å²) in [5.74, 6) is 0. The maximum atomic E-state index is 12.4. The highest BCUT2D eigenvalue weighted by atomic mass is 16.3. The first-order valence-corrected chi connectivity index (χ1v) is 6.83. The maximum absolute atomic E-state index is 12.4. The number of anilines is 1. The number of benzene rings is 1. The van der Waals surface area contributed by atoms with Crippen LogP contribution in [0.25, 0.3) is 22.2 Å². The van der Waals surface area contributed by atoms with Crippen LogP contribution in [0.3, 0.4) is 0 Å². The number of nitrogens with two attached hydrogens (primary N) is 1. The van der Waals surface area contributed by atoms with Crippen LogP contribution in [0.15, 0.2) is 21.7 Å². The van der Waals surface area contributed by atoms with Crippen molar-refractivity contribution in [2.24, 2.45) is 0 Å². The summed E-state index contributed by atoms with van der Waals surface area (Å²) in [4.78, 5) is 35.4.